The van der Waals surface area contributed by atoms with Crippen LogP contribution in [-0.4, -0.2) is 0 Å². The van der Waals surface area contributed by atoms with Crippen molar-refractivity contribution in [3.63, 3.8) is 0 Å². The molecule has 2 heteroatoms. The molecule has 11 heavy (non-hydrogen) atoms. The second-order valence-electron chi connectivity index (χ2n) is 3.46. The molecule has 0 bridgehead atoms. The first-order chi connectivity index (χ1) is 5.30. The van der Waals surface area contributed by atoms with Crippen molar-refractivity contribution in [2.24, 2.45) is 11.8 Å². The molecular formula is C9H17ClZn. The summed E-state index contributed by atoms with van der Waals surface area (Å²) in [6, 6.07) is 0. The third kappa shape index (κ3) is 5.20. The van der Waals surface area contributed by atoms with Crippen LogP contribution in [0.25, 0.3) is 0 Å². The molecule has 1 fully saturated rings. The summed E-state index contributed by atoms with van der Waals surface area (Å²) in [7, 11) is 4.76. The molecule has 0 heterocycles. The average molecular weight is 226 g/mol. The van der Waals surface area contributed by atoms with Crippen LogP contribution in [0, 0.1) is 18.3 Å². The van der Waals surface area contributed by atoms with Gasteiger partial charge in [0.25, 0.3) is 0 Å². The quantitative estimate of drug-likeness (QED) is 0.472. The van der Waals surface area contributed by atoms with Gasteiger partial charge in [0.2, 0.25) is 0 Å². The Kier molecular flexibility index (Phi) is 8.18. The minimum absolute atomic E-state index is 0.847. The Labute approximate surface area is 84.8 Å². The second kappa shape index (κ2) is 7.56. The first-order valence-corrected chi connectivity index (χ1v) is 8.29. The predicted octanol–water partition coefficient (Wildman–Crippen LogP) is 3.72. The first kappa shape index (κ1) is 11.9. The van der Waals surface area contributed by atoms with E-state index in [-0.39, 0.29) is 0 Å². The molecule has 0 aromatic carbocycles. The Morgan fingerprint density at radius 3 is 2.36 bits per heavy atom. The van der Waals surface area contributed by atoms with Crippen molar-refractivity contribution in [3.05, 3.63) is 6.42 Å². The summed E-state index contributed by atoms with van der Waals surface area (Å²) >= 11 is 0.847. The van der Waals surface area contributed by atoms with E-state index in [0.29, 0.717) is 0 Å². The van der Waals surface area contributed by atoms with Gasteiger partial charge in [-0.15, -0.1) is 0 Å². The topological polar surface area (TPSA) is 0 Å². The summed E-state index contributed by atoms with van der Waals surface area (Å²) in [5.41, 5.74) is 0. The number of hydrogen-bond donors (Lipinski definition) is 0. The van der Waals surface area contributed by atoms with Crippen LogP contribution in [0.2, 0.25) is 0 Å². The van der Waals surface area contributed by atoms with E-state index in [9.17, 15) is 0 Å². The van der Waals surface area contributed by atoms with Crippen LogP contribution in [0.15, 0.2) is 0 Å². The fraction of sp³-hybridized carbons (Fsp3) is 0.889. The maximum atomic E-state index is 4.76. The van der Waals surface area contributed by atoms with Crippen molar-refractivity contribution in [1.82, 2.24) is 0 Å². The summed E-state index contributed by atoms with van der Waals surface area (Å²) in [5, 5.41) is 0. The van der Waals surface area contributed by atoms with Crippen LogP contribution in [-0.2, 0) is 17.3 Å². The summed E-state index contributed by atoms with van der Waals surface area (Å²) in [6.45, 7) is 4.67. The minimum atomic E-state index is 0.847. The number of hydrogen-bond acceptors (Lipinski definition) is 0. The van der Waals surface area contributed by atoms with E-state index < -0.39 is 0 Å². The zero-order valence-corrected chi connectivity index (χ0v) is 11.4. The van der Waals surface area contributed by atoms with E-state index in [0.717, 1.165) is 29.1 Å². The van der Waals surface area contributed by atoms with Crippen LogP contribution in [0.5, 0.6) is 0 Å². The van der Waals surface area contributed by atoms with E-state index in [1.54, 1.807) is 0 Å². The monoisotopic (exact) mass is 224 g/mol. The van der Waals surface area contributed by atoms with E-state index in [2.05, 4.69) is 20.3 Å². The van der Waals surface area contributed by atoms with Crippen LogP contribution < -0.4 is 0 Å². The molecule has 1 rings (SSSR count). The van der Waals surface area contributed by atoms with Gasteiger partial charge in [-0.2, -0.15) is 12.8 Å². The molecule has 0 aliphatic heterocycles. The van der Waals surface area contributed by atoms with Crippen LogP contribution in [0.4, 0.5) is 0 Å². The van der Waals surface area contributed by atoms with Gasteiger partial charge in [-0.05, 0) is 5.92 Å². The first-order valence-electron chi connectivity index (χ1n) is 4.39. The second-order valence-corrected chi connectivity index (χ2v) is 3.46. The molecule has 1 saturated carbocycles. The molecular weight excluding hydrogens is 209 g/mol. The molecule has 1 aliphatic carbocycles. The summed E-state index contributed by atoms with van der Waals surface area (Å²) in [6.07, 6.45) is 8.09. The Bertz CT molecular complexity index is 77.6. The van der Waals surface area contributed by atoms with Gasteiger partial charge in [0.1, 0.15) is 0 Å². The molecule has 0 aromatic rings. The van der Waals surface area contributed by atoms with Gasteiger partial charge < -0.3 is 6.42 Å². The van der Waals surface area contributed by atoms with Crippen molar-refractivity contribution in [3.8, 4) is 0 Å². The Morgan fingerprint density at radius 2 is 2.09 bits per heavy atom. The van der Waals surface area contributed by atoms with Gasteiger partial charge in [-0.25, -0.2) is 0 Å². The van der Waals surface area contributed by atoms with Gasteiger partial charge >= 0.3 is 27.0 Å². The van der Waals surface area contributed by atoms with E-state index >= 15 is 0 Å². The predicted molar refractivity (Wildman–Crippen MR) is 46.9 cm³/mol. The summed E-state index contributed by atoms with van der Waals surface area (Å²) in [5.74, 6) is 1.90. The van der Waals surface area contributed by atoms with E-state index in [4.69, 9.17) is 9.69 Å². The normalized spacial score (nSPS) is 24.4. The number of rotatable bonds is 1. The average Bonchev–Trinajstić information content (AvgIpc) is 2.10. The zero-order chi connectivity index (χ0) is 8.69. The Hall–Kier alpha value is 0.913. The molecule has 0 nitrogen and oxygen atoms in total. The van der Waals surface area contributed by atoms with Gasteiger partial charge in [0, 0.05) is 0 Å². The molecule has 1 aliphatic rings. The van der Waals surface area contributed by atoms with Gasteiger partial charge in [0.15, 0.2) is 0 Å². The maximum absolute atomic E-state index is 4.76. The summed E-state index contributed by atoms with van der Waals surface area (Å²) < 4.78 is 0. The van der Waals surface area contributed by atoms with E-state index in [1.807, 2.05) is 0 Å². The molecule has 62 valence electrons. The summed E-state index contributed by atoms with van der Waals surface area (Å²) in [4.78, 5) is 0. The molecule has 0 radical (unpaired) electrons. The molecule has 0 amide bonds. The molecule has 0 saturated heterocycles. The van der Waals surface area contributed by atoms with Crippen LogP contribution in [0.1, 0.15) is 39.5 Å². The molecule has 1 unspecified atom stereocenters. The Balaban J connectivity index is 0.000000461. The molecule has 0 aromatic heterocycles. The van der Waals surface area contributed by atoms with Gasteiger partial charge in [0.05, 0.1) is 0 Å². The van der Waals surface area contributed by atoms with Crippen molar-refractivity contribution in [1.29, 1.82) is 0 Å². The molecule has 0 N–H and O–H groups in total. The van der Waals surface area contributed by atoms with Crippen molar-refractivity contribution in [2.75, 3.05) is 0 Å². The Morgan fingerprint density at radius 1 is 1.45 bits per heavy atom. The van der Waals surface area contributed by atoms with Crippen molar-refractivity contribution < 1.29 is 17.3 Å². The number of halogens is 1. The van der Waals surface area contributed by atoms with Gasteiger partial charge in [-0.1, -0.05) is 32.6 Å². The fourth-order valence-electron chi connectivity index (χ4n) is 1.58. The third-order valence-electron chi connectivity index (χ3n) is 2.40. The van der Waals surface area contributed by atoms with Crippen LogP contribution in [0.3, 0.4) is 0 Å². The third-order valence-corrected chi connectivity index (χ3v) is 2.40. The van der Waals surface area contributed by atoms with Gasteiger partial charge in [-0.3, -0.25) is 0 Å². The van der Waals surface area contributed by atoms with Crippen LogP contribution >= 0.6 is 9.69 Å². The van der Waals surface area contributed by atoms with Crippen molar-refractivity contribution >= 4 is 9.69 Å². The van der Waals surface area contributed by atoms with Crippen molar-refractivity contribution in [2.45, 2.75) is 39.5 Å². The molecule has 0 spiro atoms. The SMILES string of the molecule is CC(C)C1C[CH-]CCC1.[Cl][Zn+]. The van der Waals surface area contributed by atoms with E-state index in [1.165, 1.54) is 25.7 Å². The molecule has 1 atom stereocenters. The zero-order valence-electron chi connectivity index (χ0n) is 7.65. The standard InChI is InChI=1S/C9H17.ClH.Zn/c1-8(2)9-6-4-3-5-7-9;;/h4,8-9H,3,5-7H2,1-2H3;1H;/q-1;;+2/p-1. The fourth-order valence-corrected chi connectivity index (χ4v) is 1.58.